The molecule has 1 unspecified atom stereocenters. The van der Waals surface area contributed by atoms with Gasteiger partial charge in [-0.1, -0.05) is 0 Å². The lowest BCUT2D eigenvalue weighted by Crippen LogP contribution is -2.19. The van der Waals surface area contributed by atoms with Crippen molar-refractivity contribution in [3.63, 3.8) is 0 Å². The second kappa shape index (κ2) is 3.50. The van der Waals surface area contributed by atoms with Crippen molar-refractivity contribution in [2.45, 2.75) is 39.4 Å². The largest absolute Gasteiger partial charge is 0.452 e. The molecule has 13 heavy (non-hydrogen) atoms. The van der Waals surface area contributed by atoms with E-state index in [1.165, 1.54) is 0 Å². The monoisotopic (exact) mass is 184 g/mol. The Labute approximate surface area is 78.7 Å². The molecular weight excluding hydrogens is 168 g/mol. The second-order valence-corrected chi connectivity index (χ2v) is 3.69. The maximum absolute atomic E-state index is 11.3. The molecule has 1 aliphatic rings. The van der Waals surface area contributed by atoms with Crippen LogP contribution >= 0.6 is 0 Å². The topological polar surface area (TPSA) is 35.5 Å². The van der Waals surface area contributed by atoms with Gasteiger partial charge in [-0.2, -0.15) is 0 Å². The molecule has 0 saturated heterocycles. The van der Waals surface area contributed by atoms with Gasteiger partial charge in [0, 0.05) is 6.61 Å². The lowest BCUT2D eigenvalue weighted by molar-refractivity contribution is -0.145. The van der Waals surface area contributed by atoms with Gasteiger partial charge in [-0.25, -0.2) is 4.79 Å². The summed E-state index contributed by atoms with van der Waals surface area (Å²) >= 11 is 0. The van der Waals surface area contributed by atoms with Crippen LogP contribution in [0.2, 0.25) is 0 Å². The molecule has 0 aliphatic carbocycles. The second-order valence-electron chi connectivity index (χ2n) is 3.69. The molecule has 3 heteroatoms. The minimum absolute atomic E-state index is 0.167. The number of cyclic esters (lactones) is 1. The maximum atomic E-state index is 11.3. The normalized spacial score (nSPS) is 22.5. The molecule has 1 rings (SSSR count). The lowest BCUT2D eigenvalue weighted by Gasteiger charge is -2.13. The number of hydrogen-bond acceptors (Lipinski definition) is 3. The van der Waals surface area contributed by atoms with Gasteiger partial charge < -0.3 is 9.47 Å². The lowest BCUT2D eigenvalue weighted by atomic mass is 10.1. The molecule has 0 fully saturated rings. The third-order valence-electron chi connectivity index (χ3n) is 1.95. The molecule has 0 amide bonds. The first-order chi connectivity index (χ1) is 5.96. The van der Waals surface area contributed by atoms with Crippen LogP contribution in [-0.2, 0) is 14.3 Å². The Morgan fingerprint density at radius 1 is 1.62 bits per heavy atom. The summed E-state index contributed by atoms with van der Waals surface area (Å²) in [6.45, 7) is 8.08. The average Bonchev–Trinajstić information content (AvgIpc) is 2.25. The van der Waals surface area contributed by atoms with Crippen LogP contribution < -0.4 is 0 Å². The van der Waals surface area contributed by atoms with E-state index < -0.39 is 5.60 Å². The Bertz CT molecular complexity index is 241. The van der Waals surface area contributed by atoms with E-state index in [1.54, 1.807) is 0 Å². The Hall–Kier alpha value is -0.830. The molecule has 0 aromatic heterocycles. The van der Waals surface area contributed by atoms with Gasteiger partial charge in [-0.15, -0.1) is 0 Å². The van der Waals surface area contributed by atoms with Gasteiger partial charge in [0.05, 0.1) is 11.7 Å². The van der Waals surface area contributed by atoms with E-state index in [9.17, 15) is 4.79 Å². The molecule has 0 aromatic rings. The Morgan fingerprint density at radius 3 is 2.62 bits per heavy atom. The van der Waals surface area contributed by atoms with Crippen molar-refractivity contribution in [2.24, 2.45) is 0 Å². The fourth-order valence-corrected chi connectivity index (χ4v) is 1.38. The molecule has 1 atom stereocenters. The smallest absolute Gasteiger partial charge is 0.337 e. The van der Waals surface area contributed by atoms with Crippen molar-refractivity contribution in [3.8, 4) is 0 Å². The highest BCUT2D eigenvalue weighted by Crippen LogP contribution is 2.26. The minimum atomic E-state index is -0.474. The van der Waals surface area contributed by atoms with Crippen LogP contribution in [0.25, 0.3) is 0 Å². The summed E-state index contributed by atoms with van der Waals surface area (Å²) in [6, 6.07) is 0. The summed E-state index contributed by atoms with van der Waals surface area (Å²) in [5.74, 6) is -0.258. The third kappa shape index (κ3) is 2.31. The molecule has 0 saturated carbocycles. The SMILES string of the molecule is CCOC(C)C1=CC(C)(C)OC1=O. The first-order valence-corrected chi connectivity index (χ1v) is 4.54. The highest BCUT2D eigenvalue weighted by atomic mass is 16.6. The van der Waals surface area contributed by atoms with Crippen molar-refractivity contribution >= 4 is 5.97 Å². The predicted molar refractivity (Wildman–Crippen MR) is 49.3 cm³/mol. The van der Waals surface area contributed by atoms with E-state index in [0.717, 1.165) is 0 Å². The first kappa shape index (κ1) is 10.3. The summed E-state index contributed by atoms with van der Waals surface area (Å²) in [6.07, 6.45) is 1.66. The van der Waals surface area contributed by atoms with Crippen LogP contribution in [0, 0.1) is 0 Å². The standard InChI is InChI=1S/C10H16O3/c1-5-12-7(2)8-6-10(3,4)13-9(8)11/h6-7H,5H2,1-4H3. The van der Waals surface area contributed by atoms with Crippen LogP contribution in [0.5, 0.6) is 0 Å². The van der Waals surface area contributed by atoms with Gasteiger partial charge in [0.1, 0.15) is 5.60 Å². The van der Waals surface area contributed by atoms with Crippen molar-refractivity contribution in [1.82, 2.24) is 0 Å². The van der Waals surface area contributed by atoms with E-state index in [-0.39, 0.29) is 12.1 Å². The summed E-state index contributed by atoms with van der Waals surface area (Å²) in [5.41, 5.74) is 0.157. The van der Waals surface area contributed by atoms with Gasteiger partial charge in [0.25, 0.3) is 0 Å². The quantitative estimate of drug-likeness (QED) is 0.626. The summed E-state index contributed by atoms with van der Waals surface area (Å²) in [4.78, 5) is 11.3. The van der Waals surface area contributed by atoms with Gasteiger partial charge >= 0.3 is 5.97 Å². The molecule has 74 valence electrons. The van der Waals surface area contributed by atoms with Crippen LogP contribution in [0.1, 0.15) is 27.7 Å². The van der Waals surface area contributed by atoms with Gasteiger partial charge in [0.15, 0.2) is 0 Å². The molecule has 0 N–H and O–H groups in total. The Balaban J connectivity index is 2.74. The van der Waals surface area contributed by atoms with Crippen molar-refractivity contribution in [2.75, 3.05) is 6.61 Å². The zero-order chi connectivity index (χ0) is 10.1. The average molecular weight is 184 g/mol. The van der Waals surface area contributed by atoms with E-state index in [1.807, 2.05) is 33.8 Å². The molecule has 3 nitrogen and oxygen atoms in total. The molecule has 0 aromatic carbocycles. The fraction of sp³-hybridized carbons (Fsp3) is 0.700. The minimum Gasteiger partial charge on any atom is -0.452 e. The van der Waals surface area contributed by atoms with Crippen LogP contribution in [0.15, 0.2) is 11.6 Å². The number of rotatable bonds is 3. The van der Waals surface area contributed by atoms with E-state index in [4.69, 9.17) is 9.47 Å². The van der Waals surface area contributed by atoms with Gasteiger partial charge in [-0.3, -0.25) is 0 Å². The number of ether oxygens (including phenoxy) is 2. The van der Waals surface area contributed by atoms with E-state index in [0.29, 0.717) is 12.2 Å². The molecule has 1 heterocycles. The highest BCUT2D eigenvalue weighted by molar-refractivity contribution is 5.92. The first-order valence-electron chi connectivity index (χ1n) is 4.54. The van der Waals surface area contributed by atoms with Crippen LogP contribution in [0.4, 0.5) is 0 Å². The molecule has 0 spiro atoms. The van der Waals surface area contributed by atoms with Crippen molar-refractivity contribution in [3.05, 3.63) is 11.6 Å². The van der Waals surface area contributed by atoms with Crippen molar-refractivity contribution in [1.29, 1.82) is 0 Å². The molecular formula is C10H16O3. The van der Waals surface area contributed by atoms with Crippen LogP contribution in [0.3, 0.4) is 0 Å². The maximum Gasteiger partial charge on any atom is 0.337 e. The number of carbonyl (C=O) groups is 1. The summed E-state index contributed by atoms with van der Waals surface area (Å²) in [5, 5.41) is 0. The van der Waals surface area contributed by atoms with E-state index >= 15 is 0 Å². The van der Waals surface area contributed by atoms with Gasteiger partial charge in [-0.05, 0) is 33.8 Å². The van der Waals surface area contributed by atoms with Crippen molar-refractivity contribution < 1.29 is 14.3 Å². The number of esters is 1. The zero-order valence-corrected chi connectivity index (χ0v) is 8.59. The van der Waals surface area contributed by atoms with Gasteiger partial charge in [0.2, 0.25) is 0 Å². The number of hydrogen-bond donors (Lipinski definition) is 0. The third-order valence-corrected chi connectivity index (χ3v) is 1.95. The molecule has 0 radical (unpaired) electrons. The summed E-state index contributed by atoms with van der Waals surface area (Å²) in [7, 11) is 0. The molecule has 1 aliphatic heterocycles. The predicted octanol–water partition coefficient (Wildman–Crippen LogP) is 1.67. The zero-order valence-electron chi connectivity index (χ0n) is 8.59. The Morgan fingerprint density at radius 2 is 2.23 bits per heavy atom. The highest BCUT2D eigenvalue weighted by Gasteiger charge is 2.34. The molecule has 0 bridgehead atoms. The number of carbonyl (C=O) groups excluding carboxylic acids is 1. The summed E-state index contributed by atoms with van der Waals surface area (Å²) < 4.78 is 10.4. The van der Waals surface area contributed by atoms with E-state index in [2.05, 4.69) is 0 Å². The fourth-order valence-electron chi connectivity index (χ4n) is 1.38. The van der Waals surface area contributed by atoms with Crippen LogP contribution in [-0.4, -0.2) is 24.3 Å². The Kier molecular flexibility index (Phi) is 2.76.